The second kappa shape index (κ2) is 6.59. The average Bonchev–Trinajstić information content (AvgIpc) is 2.97. The van der Waals surface area contributed by atoms with Crippen LogP contribution in [-0.4, -0.2) is 28.9 Å². The number of nitrogens with zero attached hydrogens (tertiary/aromatic N) is 1. The number of carbonyl (C=O) groups excluding carboxylic acids is 1. The second-order valence-electron chi connectivity index (χ2n) is 6.13. The summed E-state index contributed by atoms with van der Waals surface area (Å²) < 4.78 is 0. The van der Waals surface area contributed by atoms with Gasteiger partial charge in [0.05, 0.1) is 0 Å². The molecule has 0 radical (unpaired) electrons. The van der Waals surface area contributed by atoms with Crippen molar-refractivity contribution in [3.63, 3.8) is 0 Å². The highest BCUT2D eigenvalue weighted by Gasteiger charge is 2.28. The van der Waals surface area contributed by atoms with Crippen LogP contribution < -0.4 is 5.43 Å². The zero-order valence-corrected chi connectivity index (χ0v) is 13.8. The molecule has 2 aromatic rings. The molecule has 1 saturated heterocycles. The van der Waals surface area contributed by atoms with Gasteiger partial charge in [-0.2, -0.15) is 0 Å². The van der Waals surface area contributed by atoms with Crippen molar-refractivity contribution in [3.05, 3.63) is 68.6 Å². The summed E-state index contributed by atoms with van der Waals surface area (Å²) in [6.45, 7) is 3.19. The summed E-state index contributed by atoms with van der Waals surface area (Å²) in [5.74, 6) is 0.245. The van der Waals surface area contributed by atoms with E-state index >= 15 is 0 Å². The highest BCUT2D eigenvalue weighted by molar-refractivity contribution is 6.30. The van der Waals surface area contributed by atoms with E-state index in [1.807, 2.05) is 24.3 Å². The first-order valence-electron chi connectivity index (χ1n) is 7.76. The highest BCUT2D eigenvalue weighted by atomic mass is 35.5. The van der Waals surface area contributed by atoms with Gasteiger partial charge in [0.15, 0.2) is 5.43 Å². The van der Waals surface area contributed by atoms with E-state index in [1.165, 1.54) is 17.8 Å². The van der Waals surface area contributed by atoms with Crippen LogP contribution in [0, 0.1) is 12.8 Å². The topological polar surface area (TPSA) is 53.2 Å². The van der Waals surface area contributed by atoms with Gasteiger partial charge in [0.25, 0.3) is 5.91 Å². The van der Waals surface area contributed by atoms with Crippen molar-refractivity contribution in [1.82, 2.24) is 9.88 Å². The fourth-order valence-corrected chi connectivity index (χ4v) is 3.17. The fourth-order valence-electron chi connectivity index (χ4n) is 3.05. The van der Waals surface area contributed by atoms with Gasteiger partial charge in [-0.3, -0.25) is 9.59 Å². The molecule has 1 aromatic heterocycles. The summed E-state index contributed by atoms with van der Waals surface area (Å²) in [6, 6.07) is 9.30. The maximum absolute atomic E-state index is 12.5. The molecule has 0 spiro atoms. The summed E-state index contributed by atoms with van der Waals surface area (Å²) in [7, 11) is 0. The van der Waals surface area contributed by atoms with Gasteiger partial charge < -0.3 is 9.88 Å². The molecular formula is C18H19ClN2O2. The fraction of sp³-hybridized carbons (Fsp3) is 0.333. The van der Waals surface area contributed by atoms with E-state index in [9.17, 15) is 9.59 Å². The zero-order chi connectivity index (χ0) is 16.4. The number of amides is 1. The first kappa shape index (κ1) is 15.8. The predicted octanol–water partition coefficient (Wildman–Crippen LogP) is 3.04. The molecule has 1 aliphatic heterocycles. The van der Waals surface area contributed by atoms with E-state index in [2.05, 4.69) is 4.98 Å². The van der Waals surface area contributed by atoms with Crippen molar-refractivity contribution in [2.24, 2.45) is 5.92 Å². The van der Waals surface area contributed by atoms with Crippen molar-refractivity contribution < 1.29 is 4.79 Å². The van der Waals surface area contributed by atoms with Crippen LogP contribution >= 0.6 is 11.6 Å². The lowest BCUT2D eigenvalue weighted by molar-refractivity contribution is 0.0785. The lowest BCUT2D eigenvalue weighted by atomic mass is 9.99. The quantitative estimate of drug-likeness (QED) is 0.940. The first-order valence-corrected chi connectivity index (χ1v) is 8.14. The van der Waals surface area contributed by atoms with Gasteiger partial charge in [0.2, 0.25) is 0 Å². The number of aromatic nitrogens is 1. The molecule has 1 fully saturated rings. The minimum absolute atomic E-state index is 0.176. The Labute approximate surface area is 140 Å². The molecule has 0 aliphatic carbocycles. The number of pyridine rings is 1. The number of aromatic amines is 1. The SMILES string of the molecule is Cc1cc(=O)c(C(=O)N2CCC(Cc3ccc(Cl)cc3)C2)c[nH]1. The molecular weight excluding hydrogens is 312 g/mol. The Morgan fingerprint density at radius 2 is 2.09 bits per heavy atom. The van der Waals surface area contributed by atoms with Crippen LogP contribution in [0.5, 0.6) is 0 Å². The average molecular weight is 331 g/mol. The van der Waals surface area contributed by atoms with Crippen molar-refractivity contribution in [3.8, 4) is 0 Å². The molecule has 4 nitrogen and oxygen atoms in total. The van der Waals surface area contributed by atoms with E-state index < -0.39 is 0 Å². The molecule has 0 bridgehead atoms. The molecule has 1 unspecified atom stereocenters. The minimum Gasteiger partial charge on any atom is -0.364 e. The van der Waals surface area contributed by atoms with E-state index in [1.54, 1.807) is 11.8 Å². The lowest BCUT2D eigenvalue weighted by Gasteiger charge is -2.16. The van der Waals surface area contributed by atoms with Crippen molar-refractivity contribution in [1.29, 1.82) is 0 Å². The smallest absolute Gasteiger partial charge is 0.259 e. The van der Waals surface area contributed by atoms with Gasteiger partial charge in [-0.1, -0.05) is 23.7 Å². The van der Waals surface area contributed by atoms with Crippen molar-refractivity contribution in [2.45, 2.75) is 19.8 Å². The van der Waals surface area contributed by atoms with Crippen LogP contribution in [0.25, 0.3) is 0 Å². The Hall–Kier alpha value is -2.07. The molecule has 1 N–H and O–H groups in total. The maximum atomic E-state index is 12.5. The van der Waals surface area contributed by atoms with Gasteiger partial charge in [-0.15, -0.1) is 0 Å². The number of halogens is 1. The summed E-state index contributed by atoms with van der Waals surface area (Å²) in [5.41, 5.74) is 1.99. The molecule has 3 rings (SSSR count). The number of H-pyrrole nitrogens is 1. The molecule has 1 aliphatic rings. The third-order valence-electron chi connectivity index (χ3n) is 4.30. The van der Waals surface area contributed by atoms with Crippen molar-refractivity contribution >= 4 is 17.5 Å². The summed E-state index contributed by atoms with van der Waals surface area (Å²) in [4.78, 5) is 29.2. The largest absolute Gasteiger partial charge is 0.364 e. The minimum atomic E-state index is -0.215. The Morgan fingerprint density at radius 1 is 1.35 bits per heavy atom. The molecule has 0 saturated carbocycles. The van der Waals surface area contributed by atoms with Crippen LogP contribution in [0.1, 0.15) is 28.0 Å². The number of rotatable bonds is 3. The van der Waals surface area contributed by atoms with Crippen LogP contribution in [0.15, 0.2) is 41.3 Å². The molecule has 5 heteroatoms. The Balaban J connectivity index is 1.66. The summed E-state index contributed by atoms with van der Waals surface area (Å²) in [6.07, 6.45) is 3.40. The summed E-state index contributed by atoms with van der Waals surface area (Å²) in [5, 5.41) is 0.732. The van der Waals surface area contributed by atoms with Crippen LogP contribution in [0.4, 0.5) is 0 Å². The Kier molecular flexibility index (Phi) is 4.53. The van der Waals surface area contributed by atoms with Gasteiger partial charge in [0, 0.05) is 36.1 Å². The van der Waals surface area contributed by atoms with Crippen LogP contribution in [0.3, 0.4) is 0 Å². The zero-order valence-electron chi connectivity index (χ0n) is 13.0. The Bertz CT molecular complexity index is 767. The van der Waals surface area contributed by atoms with Crippen molar-refractivity contribution in [2.75, 3.05) is 13.1 Å². The highest BCUT2D eigenvalue weighted by Crippen LogP contribution is 2.22. The second-order valence-corrected chi connectivity index (χ2v) is 6.57. The summed E-state index contributed by atoms with van der Waals surface area (Å²) >= 11 is 5.90. The van der Waals surface area contributed by atoms with Crippen LogP contribution in [0.2, 0.25) is 5.02 Å². The van der Waals surface area contributed by atoms with E-state index in [-0.39, 0.29) is 16.9 Å². The molecule has 1 atom stereocenters. The number of aryl methyl sites for hydroxylation is 1. The molecule has 2 heterocycles. The maximum Gasteiger partial charge on any atom is 0.259 e. The third-order valence-corrected chi connectivity index (χ3v) is 4.55. The normalized spacial score (nSPS) is 17.5. The van der Waals surface area contributed by atoms with Gasteiger partial charge in [-0.05, 0) is 43.4 Å². The monoisotopic (exact) mass is 330 g/mol. The van der Waals surface area contributed by atoms with Gasteiger partial charge in [-0.25, -0.2) is 0 Å². The number of nitrogens with one attached hydrogen (secondary N) is 1. The third kappa shape index (κ3) is 3.64. The van der Waals surface area contributed by atoms with E-state index in [0.717, 1.165) is 23.6 Å². The first-order chi connectivity index (χ1) is 11.0. The van der Waals surface area contributed by atoms with Gasteiger partial charge >= 0.3 is 0 Å². The number of hydrogen-bond acceptors (Lipinski definition) is 2. The van der Waals surface area contributed by atoms with E-state index in [0.29, 0.717) is 19.0 Å². The van der Waals surface area contributed by atoms with Crippen LogP contribution in [-0.2, 0) is 6.42 Å². The van der Waals surface area contributed by atoms with Gasteiger partial charge in [0.1, 0.15) is 5.56 Å². The number of likely N-dealkylation sites (tertiary alicyclic amines) is 1. The molecule has 1 aromatic carbocycles. The standard InChI is InChI=1S/C18H19ClN2O2/c1-12-8-17(22)16(10-20-12)18(23)21-7-6-14(11-21)9-13-2-4-15(19)5-3-13/h2-5,8,10,14H,6-7,9,11H2,1H3,(H,20,22). The Morgan fingerprint density at radius 3 is 2.78 bits per heavy atom. The number of hydrogen-bond donors (Lipinski definition) is 1. The lowest BCUT2D eigenvalue weighted by Crippen LogP contribution is -2.32. The molecule has 120 valence electrons. The van der Waals surface area contributed by atoms with E-state index in [4.69, 9.17) is 11.6 Å². The molecule has 1 amide bonds. The predicted molar refractivity (Wildman–Crippen MR) is 91.0 cm³/mol. The number of benzene rings is 1. The number of carbonyl (C=O) groups is 1. The molecule has 23 heavy (non-hydrogen) atoms.